The first-order chi connectivity index (χ1) is 10.2. The van der Waals surface area contributed by atoms with Crippen LogP contribution in [-0.4, -0.2) is 9.55 Å². The number of fused-ring (bicyclic) bond motifs is 1. The van der Waals surface area contributed by atoms with Gasteiger partial charge in [0.05, 0.1) is 27.1 Å². The molecule has 3 aromatic rings. The summed E-state index contributed by atoms with van der Waals surface area (Å²) in [5, 5.41) is 9.16. The van der Waals surface area contributed by atoms with E-state index >= 15 is 0 Å². The zero-order chi connectivity index (χ0) is 15.0. The Morgan fingerprint density at radius 3 is 2.81 bits per heavy atom. The predicted molar refractivity (Wildman–Crippen MR) is 83.0 cm³/mol. The van der Waals surface area contributed by atoms with E-state index in [2.05, 4.69) is 27.0 Å². The molecular formula is C15H8BrClFN3. The van der Waals surface area contributed by atoms with Gasteiger partial charge in [0, 0.05) is 0 Å². The van der Waals surface area contributed by atoms with Crippen molar-refractivity contribution in [3.05, 3.63) is 58.1 Å². The van der Waals surface area contributed by atoms with Crippen LogP contribution in [0, 0.1) is 17.1 Å². The van der Waals surface area contributed by atoms with Crippen molar-refractivity contribution in [3.63, 3.8) is 0 Å². The maximum Gasteiger partial charge on any atom is 0.139 e. The second-order valence-corrected chi connectivity index (χ2v) is 5.50. The topological polar surface area (TPSA) is 41.6 Å². The fraction of sp³-hybridized carbons (Fsp3) is 0.0667. The van der Waals surface area contributed by atoms with Gasteiger partial charge in [-0.3, -0.25) is 4.57 Å². The third kappa shape index (κ3) is 2.31. The van der Waals surface area contributed by atoms with E-state index in [1.807, 2.05) is 6.07 Å². The Hall–Kier alpha value is -1.90. The average Bonchev–Trinajstić information content (AvgIpc) is 2.88. The number of para-hydroxylation sites is 1. The summed E-state index contributed by atoms with van der Waals surface area (Å²) >= 11 is 9.08. The number of hydrogen-bond donors (Lipinski definition) is 0. The first-order valence-electron chi connectivity index (χ1n) is 6.07. The highest BCUT2D eigenvalue weighted by molar-refractivity contribution is 9.10. The second kappa shape index (κ2) is 5.47. The molecule has 0 atom stereocenters. The number of imidazole rings is 1. The lowest BCUT2D eigenvalue weighted by Gasteiger charge is -2.08. The van der Waals surface area contributed by atoms with Gasteiger partial charge in [0.15, 0.2) is 0 Å². The van der Waals surface area contributed by atoms with E-state index in [4.69, 9.17) is 16.9 Å². The number of hydrogen-bond acceptors (Lipinski definition) is 2. The Balaban J connectivity index is 2.35. The smallest absolute Gasteiger partial charge is 0.139 e. The van der Waals surface area contributed by atoms with E-state index in [1.165, 1.54) is 6.07 Å². The Morgan fingerprint density at radius 1 is 1.33 bits per heavy atom. The molecule has 0 saturated heterocycles. The van der Waals surface area contributed by atoms with Gasteiger partial charge >= 0.3 is 0 Å². The molecule has 3 nitrogen and oxygen atoms in total. The van der Waals surface area contributed by atoms with Gasteiger partial charge in [0.25, 0.3) is 0 Å². The Kier molecular flexibility index (Phi) is 3.66. The van der Waals surface area contributed by atoms with Gasteiger partial charge in [0.1, 0.15) is 23.2 Å². The fourth-order valence-corrected chi connectivity index (χ4v) is 2.67. The molecule has 21 heavy (non-hydrogen) atoms. The van der Waals surface area contributed by atoms with Gasteiger partial charge in [-0.15, -0.1) is 11.6 Å². The van der Waals surface area contributed by atoms with Crippen molar-refractivity contribution in [2.75, 3.05) is 0 Å². The summed E-state index contributed by atoms with van der Waals surface area (Å²) in [5.74, 6) is 0.361. The highest BCUT2D eigenvalue weighted by Gasteiger charge is 2.15. The van der Waals surface area contributed by atoms with Gasteiger partial charge in [0.2, 0.25) is 0 Å². The van der Waals surface area contributed by atoms with Crippen LogP contribution in [0.4, 0.5) is 4.39 Å². The lowest BCUT2D eigenvalue weighted by atomic mass is 10.2. The van der Waals surface area contributed by atoms with Crippen molar-refractivity contribution in [2.45, 2.75) is 5.88 Å². The molecule has 0 aliphatic carbocycles. The number of alkyl halides is 1. The molecule has 0 radical (unpaired) electrons. The van der Waals surface area contributed by atoms with Crippen molar-refractivity contribution in [1.29, 1.82) is 5.26 Å². The van der Waals surface area contributed by atoms with E-state index in [0.29, 0.717) is 27.1 Å². The van der Waals surface area contributed by atoms with E-state index < -0.39 is 0 Å². The second-order valence-electron chi connectivity index (χ2n) is 4.38. The molecule has 1 aromatic heterocycles. The molecule has 6 heteroatoms. The van der Waals surface area contributed by atoms with Crippen LogP contribution in [0.15, 0.2) is 40.9 Å². The minimum Gasteiger partial charge on any atom is -0.295 e. The molecular weight excluding hydrogens is 357 g/mol. The first-order valence-corrected chi connectivity index (χ1v) is 7.40. The summed E-state index contributed by atoms with van der Waals surface area (Å²) in [6.45, 7) is 0. The molecule has 104 valence electrons. The zero-order valence-electron chi connectivity index (χ0n) is 10.6. The summed E-state index contributed by atoms with van der Waals surface area (Å²) in [6, 6.07) is 12.2. The molecule has 0 spiro atoms. The lowest BCUT2D eigenvalue weighted by molar-refractivity contribution is 0.620. The Morgan fingerprint density at radius 2 is 2.14 bits per heavy atom. The van der Waals surface area contributed by atoms with Crippen LogP contribution in [0.5, 0.6) is 0 Å². The number of nitriles is 1. The SMILES string of the molecule is N#Cc1cccc2c1nc(CCl)n2-c1ccc(Br)c(F)c1. The van der Waals surface area contributed by atoms with Crippen LogP contribution in [0.25, 0.3) is 16.7 Å². The van der Waals surface area contributed by atoms with Gasteiger partial charge < -0.3 is 0 Å². The van der Waals surface area contributed by atoms with E-state index in [1.54, 1.807) is 28.8 Å². The number of halogens is 3. The number of nitrogens with zero attached hydrogens (tertiary/aromatic N) is 3. The van der Waals surface area contributed by atoms with Crippen molar-refractivity contribution in [1.82, 2.24) is 9.55 Å². The maximum atomic E-state index is 13.8. The van der Waals surface area contributed by atoms with Gasteiger partial charge in [-0.05, 0) is 46.3 Å². The van der Waals surface area contributed by atoms with Crippen molar-refractivity contribution >= 4 is 38.6 Å². The monoisotopic (exact) mass is 363 g/mol. The van der Waals surface area contributed by atoms with Crippen LogP contribution in [0.1, 0.15) is 11.4 Å². The van der Waals surface area contributed by atoms with Crippen LogP contribution in [-0.2, 0) is 5.88 Å². The number of benzene rings is 2. The molecule has 3 rings (SSSR count). The quantitative estimate of drug-likeness (QED) is 0.627. The van der Waals surface area contributed by atoms with Gasteiger partial charge in [-0.25, -0.2) is 9.37 Å². The summed E-state index contributed by atoms with van der Waals surface area (Å²) in [4.78, 5) is 4.40. The number of aromatic nitrogens is 2. The molecule has 0 N–H and O–H groups in total. The predicted octanol–water partition coefficient (Wildman–Crippen LogP) is 4.54. The van der Waals surface area contributed by atoms with Crippen LogP contribution in [0.2, 0.25) is 0 Å². The molecule has 0 fully saturated rings. The van der Waals surface area contributed by atoms with Gasteiger partial charge in [-0.1, -0.05) is 6.07 Å². The van der Waals surface area contributed by atoms with E-state index in [-0.39, 0.29) is 11.7 Å². The summed E-state index contributed by atoms with van der Waals surface area (Å²) < 4.78 is 15.9. The summed E-state index contributed by atoms with van der Waals surface area (Å²) in [5.41, 5.74) is 2.38. The Bertz CT molecular complexity index is 882. The minimum atomic E-state index is -0.369. The molecule has 0 bridgehead atoms. The van der Waals surface area contributed by atoms with Crippen molar-refractivity contribution in [2.24, 2.45) is 0 Å². The zero-order valence-corrected chi connectivity index (χ0v) is 13.0. The molecule has 0 saturated carbocycles. The molecule has 1 heterocycles. The summed E-state index contributed by atoms with van der Waals surface area (Å²) in [6.07, 6.45) is 0. The van der Waals surface area contributed by atoms with E-state index in [0.717, 1.165) is 5.52 Å². The van der Waals surface area contributed by atoms with Gasteiger partial charge in [-0.2, -0.15) is 5.26 Å². The first kappa shape index (κ1) is 14.1. The number of rotatable bonds is 2. The van der Waals surface area contributed by atoms with Crippen LogP contribution < -0.4 is 0 Å². The third-order valence-electron chi connectivity index (χ3n) is 3.16. The Labute approximate surface area is 133 Å². The third-order valence-corrected chi connectivity index (χ3v) is 4.04. The lowest BCUT2D eigenvalue weighted by Crippen LogP contribution is -2.00. The molecule has 2 aromatic carbocycles. The fourth-order valence-electron chi connectivity index (χ4n) is 2.24. The molecule has 0 aliphatic rings. The van der Waals surface area contributed by atoms with Crippen molar-refractivity contribution in [3.8, 4) is 11.8 Å². The molecule has 0 unspecified atom stereocenters. The van der Waals surface area contributed by atoms with E-state index in [9.17, 15) is 4.39 Å². The summed E-state index contributed by atoms with van der Waals surface area (Å²) in [7, 11) is 0. The normalized spacial score (nSPS) is 10.8. The molecule has 0 aliphatic heterocycles. The van der Waals surface area contributed by atoms with Crippen LogP contribution >= 0.6 is 27.5 Å². The molecule has 0 amide bonds. The largest absolute Gasteiger partial charge is 0.295 e. The maximum absolute atomic E-state index is 13.8. The average molecular weight is 365 g/mol. The van der Waals surface area contributed by atoms with Crippen LogP contribution in [0.3, 0.4) is 0 Å². The standard InChI is InChI=1S/C15H8BrClFN3/c16-11-5-4-10(6-12(11)18)21-13-3-1-2-9(8-19)15(13)20-14(21)7-17/h1-6H,7H2. The highest BCUT2D eigenvalue weighted by atomic mass is 79.9. The minimum absolute atomic E-state index is 0.164. The van der Waals surface area contributed by atoms with Crippen molar-refractivity contribution < 1.29 is 4.39 Å². The highest BCUT2D eigenvalue weighted by Crippen LogP contribution is 2.27.